The maximum atomic E-state index is 10.5. The standard InChI is InChI=1S/C13H12BrCl2NOS/c14-9-3-4-19-13(9)12(18)8(6-17)7-1-2-10(15)11(16)5-7/h1-5,8,12,18H,6,17H2. The highest BCUT2D eigenvalue weighted by atomic mass is 79.9. The van der Waals surface area contributed by atoms with Gasteiger partial charge in [0, 0.05) is 21.8 Å². The number of rotatable bonds is 4. The van der Waals surface area contributed by atoms with Crippen LogP contribution in [0.1, 0.15) is 22.5 Å². The van der Waals surface area contributed by atoms with Gasteiger partial charge in [0.25, 0.3) is 0 Å². The van der Waals surface area contributed by atoms with E-state index < -0.39 is 6.10 Å². The molecule has 2 rings (SSSR count). The van der Waals surface area contributed by atoms with E-state index in [-0.39, 0.29) is 5.92 Å². The first-order chi connectivity index (χ1) is 9.04. The predicted molar refractivity (Wildman–Crippen MR) is 85.2 cm³/mol. The average molecular weight is 381 g/mol. The molecule has 0 spiro atoms. The molecule has 0 radical (unpaired) electrons. The number of hydrogen-bond donors (Lipinski definition) is 2. The Labute approximate surface area is 134 Å². The van der Waals surface area contributed by atoms with Crippen LogP contribution < -0.4 is 5.73 Å². The topological polar surface area (TPSA) is 46.2 Å². The molecular formula is C13H12BrCl2NOS. The molecule has 0 aliphatic carbocycles. The van der Waals surface area contributed by atoms with E-state index in [1.165, 1.54) is 11.3 Å². The Morgan fingerprint density at radius 2 is 2.00 bits per heavy atom. The molecule has 2 atom stereocenters. The zero-order chi connectivity index (χ0) is 14.0. The maximum absolute atomic E-state index is 10.5. The summed E-state index contributed by atoms with van der Waals surface area (Å²) in [6, 6.07) is 7.23. The molecule has 102 valence electrons. The Balaban J connectivity index is 2.34. The van der Waals surface area contributed by atoms with Crippen LogP contribution in [0.25, 0.3) is 0 Å². The number of aliphatic hydroxyl groups is 1. The third-order valence-electron chi connectivity index (χ3n) is 2.92. The van der Waals surface area contributed by atoms with E-state index in [1.807, 2.05) is 17.5 Å². The SMILES string of the molecule is NCC(c1ccc(Cl)c(Cl)c1)C(O)c1sccc1Br. The van der Waals surface area contributed by atoms with Gasteiger partial charge in [-0.05, 0) is 45.1 Å². The van der Waals surface area contributed by atoms with Gasteiger partial charge in [-0.15, -0.1) is 11.3 Å². The van der Waals surface area contributed by atoms with Gasteiger partial charge in [0.05, 0.1) is 16.1 Å². The summed E-state index contributed by atoms with van der Waals surface area (Å²) in [6.07, 6.45) is -0.670. The Morgan fingerprint density at radius 3 is 2.53 bits per heavy atom. The van der Waals surface area contributed by atoms with Gasteiger partial charge < -0.3 is 10.8 Å². The Kier molecular flexibility index (Phi) is 5.29. The largest absolute Gasteiger partial charge is 0.387 e. The van der Waals surface area contributed by atoms with E-state index >= 15 is 0 Å². The first-order valence-corrected chi connectivity index (χ1v) is 8.03. The van der Waals surface area contributed by atoms with E-state index in [1.54, 1.807) is 12.1 Å². The fraction of sp³-hybridized carbons (Fsp3) is 0.231. The zero-order valence-electron chi connectivity index (χ0n) is 9.82. The molecule has 2 nitrogen and oxygen atoms in total. The van der Waals surface area contributed by atoms with Gasteiger partial charge in [0.15, 0.2) is 0 Å². The molecule has 6 heteroatoms. The summed E-state index contributed by atoms with van der Waals surface area (Å²) < 4.78 is 0.892. The van der Waals surface area contributed by atoms with Crippen LogP contribution in [0.4, 0.5) is 0 Å². The van der Waals surface area contributed by atoms with E-state index in [0.29, 0.717) is 16.6 Å². The molecule has 0 amide bonds. The molecule has 1 aromatic carbocycles. The number of thiophene rings is 1. The summed E-state index contributed by atoms with van der Waals surface area (Å²) in [4.78, 5) is 0.863. The first-order valence-electron chi connectivity index (χ1n) is 5.60. The van der Waals surface area contributed by atoms with E-state index in [9.17, 15) is 5.11 Å². The normalized spacial score (nSPS) is 14.4. The fourth-order valence-electron chi connectivity index (χ4n) is 1.89. The third-order valence-corrected chi connectivity index (χ3v) is 5.60. The monoisotopic (exact) mass is 379 g/mol. The second-order valence-corrected chi connectivity index (χ2v) is 6.71. The minimum atomic E-state index is -0.670. The number of aliphatic hydroxyl groups excluding tert-OH is 1. The Bertz CT molecular complexity index is 576. The summed E-state index contributed by atoms with van der Waals surface area (Å²) in [5.41, 5.74) is 6.68. The van der Waals surface area contributed by atoms with Gasteiger partial charge in [-0.3, -0.25) is 0 Å². The van der Waals surface area contributed by atoms with Gasteiger partial charge in [-0.1, -0.05) is 29.3 Å². The van der Waals surface area contributed by atoms with Crippen LogP contribution in [-0.4, -0.2) is 11.7 Å². The maximum Gasteiger partial charge on any atom is 0.0973 e. The number of benzene rings is 1. The quantitative estimate of drug-likeness (QED) is 0.814. The summed E-state index contributed by atoms with van der Waals surface area (Å²) in [7, 11) is 0. The van der Waals surface area contributed by atoms with Crippen LogP contribution in [0.2, 0.25) is 10.0 Å². The summed E-state index contributed by atoms with van der Waals surface area (Å²) in [6.45, 7) is 0.323. The molecule has 0 aliphatic heterocycles. The van der Waals surface area contributed by atoms with Crippen molar-refractivity contribution >= 4 is 50.5 Å². The van der Waals surface area contributed by atoms with E-state index in [0.717, 1.165) is 14.9 Å². The summed E-state index contributed by atoms with van der Waals surface area (Å²) in [5.74, 6) is -0.218. The van der Waals surface area contributed by atoms with Crippen LogP contribution in [0, 0.1) is 0 Å². The molecule has 0 aliphatic rings. The zero-order valence-corrected chi connectivity index (χ0v) is 13.7. The Hall–Kier alpha value is -0.100. The van der Waals surface area contributed by atoms with Crippen LogP contribution in [0.3, 0.4) is 0 Å². The van der Waals surface area contributed by atoms with Crippen molar-refractivity contribution in [1.29, 1.82) is 0 Å². The van der Waals surface area contributed by atoms with Crippen LogP contribution >= 0.6 is 50.5 Å². The van der Waals surface area contributed by atoms with Crippen molar-refractivity contribution in [2.24, 2.45) is 5.73 Å². The minimum absolute atomic E-state index is 0.218. The fourth-order valence-corrected chi connectivity index (χ4v) is 3.85. The minimum Gasteiger partial charge on any atom is -0.387 e. The van der Waals surface area contributed by atoms with Crippen LogP contribution in [0.15, 0.2) is 34.1 Å². The van der Waals surface area contributed by atoms with Crippen molar-refractivity contribution in [3.8, 4) is 0 Å². The number of halogens is 3. The molecule has 1 aromatic heterocycles. The third kappa shape index (κ3) is 3.32. The highest BCUT2D eigenvalue weighted by Gasteiger charge is 2.24. The first kappa shape index (κ1) is 15.3. The molecule has 0 bridgehead atoms. The molecular weight excluding hydrogens is 369 g/mol. The van der Waals surface area contributed by atoms with E-state index in [2.05, 4.69) is 15.9 Å². The second-order valence-electron chi connectivity index (χ2n) is 4.09. The summed E-state index contributed by atoms with van der Waals surface area (Å²) >= 11 is 16.8. The molecule has 1 heterocycles. The van der Waals surface area contributed by atoms with Crippen molar-refractivity contribution < 1.29 is 5.11 Å². The molecule has 0 saturated heterocycles. The number of hydrogen-bond acceptors (Lipinski definition) is 3. The molecule has 0 saturated carbocycles. The lowest BCUT2D eigenvalue weighted by molar-refractivity contribution is 0.150. The van der Waals surface area contributed by atoms with Crippen molar-refractivity contribution in [2.45, 2.75) is 12.0 Å². The molecule has 2 aromatic rings. The van der Waals surface area contributed by atoms with Crippen molar-refractivity contribution in [1.82, 2.24) is 0 Å². The van der Waals surface area contributed by atoms with Gasteiger partial charge >= 0.3 is 0 Å². The molecule has 2 unspecified atom stereocenters. The van der Waals surface area contributed by atoms with Gasteiger partial charge in [-0.2, -0.15) is 0 Å². The van der Waals surface area contributed by atoms with Crippen molar-refractivity contribution in [3.05, 3.63) is 54.6 Å². The van der Waals surface area contributed by atoms with Gasteiger partial charge in [-0.25, -0.2) is 0 Å². The smallest absolute Gasteiger partial charge is 0.0973 e. The highest BCUT2D eigenvalue weighted by Crippen LogP contribution is 2.38. The second kappa shape index (κ2) is 6.57. The predicted octanol–water partition coefficient (Wildman–Crippen LogP) is 4.59. The van der Waals surface area contributed by atoms with Crippen LogP contribution in [-0.2, 0) is 0 Å². The summed E-state index contributed by atoms with van der Waals surface area (Å²) in [5, 5.41) is 13.4. The van der Waals surface area contributed by atoms with E-state index in [4.69, 9.17) is 28.9 Å². The lowest BCUT2D eigenvalue weighted by atomic mass is 9.92. The Morgan fingerprint density at radius 1 is 1.26 bits per heavy atom. The average Bonchev–Trinajstić information content (AvgIpc) is 2.80. The van der Waals surface area contributed by atoms with Crippen molar-refractivity contribution in [2.75, 3.05) is 6.54 Å². The lowest BCUT2D eigenvalue weighted by Crippen LogP contribution is -2.19. The van der Waals surface area contributed by atoms with Gasteiger partial charge in [0.1, 0.15) is 0 Å². The molecule has 3 N–H and O–H groups in total. The van der Waals surface area contributed by atoms with Crippen LogP contribution in [0.5, 0.6) is 0 Å². The molecule has 0 fully saturated rings. The van der Waals surface area contributed by atoms with Gasteiger partial charge in [0.2, 0.25) is 0 Å². The van der Waals surface area contributed by atoms with Crippen molar-refractivity contribution in [3.63, 3.8) is 0 Å². The highest BCUT2D eigenvalue weighted by molar-refractivity contribution is 9.10. The lowest BCUT2D eigenvalue weighted by Gasteiger charge is -2.22. The molecule has 19 heavy (non-hydrogen) atoms. The number of nitrogens with two attached hydrogens (primary N) is 1.